The Morgan fingerprint density at radius 3 is 2.29 bits per heavy atom. The Morgan fingerprint density at radius 2 is 1.76 bits per heavy atom. The zero-order chi connectivity index (χ0) is 15.8. The highest BCUT2D eigenvalue weighted by molar-refractivity contribution is 7.61. The van der Waals surface area contributed by atoms with Crippen LogP contribution in [0.25, 0.3) is 0 Å². The fourth-order valence-corrected chi connectivity index (χ4v) is 2.72. The van der Waals surface area contributed by atoms with Crippen molar-refractivity contribution < 1.29 is 19.2 Å². The van der Waals surface area contributed by atoms with Gasteiger partial charge in [0.05, 0.1) is 6.54 Å². The number of benzene rings is 1. The number of likely N-dealkylation sites (N-methyl/N-ethyl adjacent to an activating group) is 1. The summed E-state index contributed by atoms with van der Waals surface area (Å²) in [5.41, 5.74) is 0. The number of rotatable bonds is 6. The molecule has 0 fully saturated rings. The summed E-state index contributed by atoms with van der Waals surface area (Å²) < 4.78 is 4.75. The van der Waals surface area contributed by atoms with E-state index < -0.39 is 19.7 Å². The Balaban J connectivity index is 2.72. The van der Waals surface area contributed by atoms with Crippen LogP contribution in [0, 0.1) is 0 Å². The zero-order valence-electron chi connectivity index (χ0n) is 12.5. The quantitative estimate of drug-likeness (QED) is 0.439. The third kappa shape index (κ3) is 5.38. The molecule has 1 aromatic carbocycles. The van der Waals surface area contributed by atoms with Crippen LogP contribution < -0.4 is 10.2 Å². The molecule has 0 aromatic heterocycles. The minimum Gasteiger partial charge on any atom is -0.625 e. The van der Waals surface area contributed by atoms with Gasteiger partial charge in [0.15, 0.2) is 0 Å². The predicted octanol–water partition coefficient (Wildman–Crippen LogP) is 0.673. The van der Waals surface area contributed by atoms with E-state index in [0.29, 0.717) is 18.4 Å². The maximum atomic E-state index is 12.2. The van der Waals surface area contributed by atoms with Crippen LogP contribution in [0.4, 0.5) is 0 Å². The monoisotopic (exact) mass is 309 g/mol. The molecule has 1 unspecified atom stereocenters. The van der Waals surface area contributed by atoms with E-state index in [1.54, 1.807) is 30.3 Å². The Hall–Kier alpha value is -1.55. The molecular weight excluding hydrogens is 289 g/mol. The Bertz CT molecular complexity index is 524. The lowest BCUT2D eigenvalue weighted by Crippen LogP contribution is -2.33. The molecule has 0 N–H and O–H groups in total. The van der Waals surface area contributed by atoms with E-state index in [1.807, 2.05) is 18.7 Å². The predicted molar refractivity (Wildman–Crippen MR) is 82.6 cm³/mol. The zero-order valence-corrected chi connectivity index (χ0v) is 13.4. The van der Waals surface area contributed by atoms with Crippen molar-refractivity contribution in [3.8, 4) is 0 Å². The van der Waals surface area contributed by atoms with Crippen LogP contribution in [-0.2, 0) is 14.3 Å². The van der Waals surface area contributed by atoms with Crippen molar-refractivity contribution in [3.63, 3.8) is 0 Å². The normalized spacial score (nSPS) is 12.0. The molecule has 114 valence electrons. The number of hydrogen-bond donors (Lipinski definition) is 0. The second kappa shape index (κ2) is 8.67. The lowest BCUT2D eigenvalue weighted by molar-refractivity contribution is -0.156. The summed E-state index contributed by atoms with van der Waals surface area (Å²) in [5.74, 6) is -1.45. The maximum absolute atomic E-state index is 12.2. The Morgan fingerprint density at radius 1 is 1.19 bits per heavy atom. The first-order valence-corrected chi connectivity index (χ1v) is 8.08. The van der Waals surface area contributed by atoms with E-state index in [1.165, 1.54) is 6.92 Å². The number of hydrogen-bond acceptors (Lipinski definition) is 5. The van der Waals surface area contributed by atoms with Gasteiger partial charge in [0.25, 0.3) is 0 Å². The molecule has 0 aliphatic heterocycles. The van der Waals surface area contributed by atoms with Gasteiger partial charge in [-0.25, -0.2) is 4.79 Å². The highest BCUT2D eigenvalue weighted by atomic mass is 31.1. The fraction of sp³-hybridized carbons (Fsp3) is 0.400. The van der Waals surface area contributed by atoms with Gasteiger partial charge in [-0.05, 0) is 25.2 Å². The lowest BCUT2D eigenvalue weighted by Gasteiger charge is -2.15. The van der Waals surface area contributed by atoms with Gasteiger partial charge in [-0.1, -0.05) is 32.0 Å². The molecule has 21 heavy (non-hydrogen) atoms. The molecule has 0 saturated heterocycles. The third-order valence-electron chi connectivity index (χ3n) is 3.04. The first-order chi connectivity index (χ1) is 9.99. The van der Waals surface area contributed by atoms with E-state index in [2.05, 4.69) is 0 Å². The molecular formula is C15H20NO4P. The van der Waals surface area contributed by atoms with Crippen molar-refractivity contribution >= 4 is 30.3 Å². The van der Waals surface area contributed by atoms with Gasteiger partial charge < -0.3 is 9.63 Å². The van der Waals surface area contributed by atoms with Crippen LogP contribution in [0.3, 0.4) is 0 Å². The van der Waals surface area contributed by atoms with Crippen LogP contribution in [-0.4, -0.2) is 41.8 Å². The average molecular weight is 309 g/mol. The molecule has 1 rings (SSSR count). The molecule has 0 aliphatic carbocycles. The smallest absolute Gasteiger partial charge is 0.384 e. The lowest BCUT2D eigenvalue weighted by atomic mass is 10.4. The summed E-state index contributed by atoms with van der Waals surface area (Å²) in [6.07, 6.45) is 0. The Labute approximate surface area is 126 Å². The van der Waals surface area contributed by atoms with E-state index in [9.17, 15) is 14.5 Å². The van der Waals surface area contributed by atoms with Crippen LogP contribution in [0.1, 0.15) is 20.8 Å². The molecule has 0 bridgehead atoms. The summed E-state index contributed by atoms with van der Waals surface area (Å²) in [4.78, 5) is 37.5. The molecule has 1 atom stereocenters. The summed E-state index contributed by atoms with van der Waals surface area (Å²) in [6, 6.07) is 8.63. The van der Waals surface area contributed by atoms with E-state index in [-0.39, 0.29) is 11.8 Å². The topological polar surface area (TPSA) is 69.7 Å². The van der Waals surface area contributed by atoms with Gasteiger partial charge in [-0.15, -0.1) is 0 Å². The number of esters is 2. The van der Waals surface area contributed by atoms with E-state index in [4.69, 9.17) is 4.74 Å². The molecule has 5 nitrogen and oxygen atoms in total. The van der Waals surface area contributed by atoms with E-state index in [0.717, 1.165) is 0 Å². The summed E-state index contributed by atoms with van der Waals surface area (Å²) in [7, 11) is -2.01. The summed E-state index contributed by atoms with van der Waals surface area (Å²) >= 11 is 0. The Kier molecular flexibility index (Phi) is 7.23. The molecule has 0 heterocycles. The largest absolute Gasteiger partial charge is 0.625 e. The van der Waals surface area contributed by atoms with Gasteiger partial charge in [0.1, 0.15) is 13.1 Å². The second-order valence-corrected chi connectivity index (χ2v) is 6.21. The van der Waals surface area contributed by atoms with Gasteiger partial charge in [0.2, 0.25) is 5.29 Å². The highest BCUT2D eigenvalue weighted by Crippen LogP contribution is 2.14. The van der Waals surface area contributed by atoms with Gasteiger partial charge in [-0.2, -0.15) is 0 Å². The van der Waals surface area contributed by atoms with Crippen molar-refractivity contribution in [1.82, 2.24) is 4.90 Å². The number of nitrogens with zero attached hydrogens (tertiary/aromatic N) is 1. The first-order valence-electron chi connectivity index (χ1n) is 6.82. The van der Waals surface area contributed by atoms with Crippen LogP contribution in [0.15, 0.2) is 30.3 Å². The third-order valence-corrected chi connectivity index (χ3v) is 4.60. The molecule has 0 radical (unpaired) electrons. The molecule has 0 aliphatic rings. The van der Waals surface area contributed by atoms with Crippen molar-refractivity contribution in [2.75, 3.05) is 19.6 Å². The first kappa shape index (κ1) is 17.5. The molecule has 0 amide bonds. The molecule has 0 spiro atoms. The molecule has 1 aromatic rings. The van der Waals surface area contributed by atoms with Crippen LogP contribution in [0.2, 0.25) is 0 Å². The van der Waals surface area contributed by atoms with Crippen molar-refractivity contribution in [3.05, 3.63) is 30.3 Å². The van der Waals surface area contributed by atoms with Gasteiger partial charge >= 0.3 is 11.9 Å². The highest BCUT2D eigenvalue weighted by Gasteiger charge is 2.21. The minimum absolute atomic E-state index is 0.0455. The van der Waals surface area contributed by atoms with Crippen LogP contribution in [0.5, 0.6) is 0 Å². The van der Waals surface area contributed by atoms with E-state index >= 15 is 0 Å². The van der Waals surface area contributed by atoms with Crippen molar-refractivity contribution in [2.45, 2.75) is 20.8 Å². The molecule has 0 saturated carbocycles. The number of carbonyl (C=O) groups is 2. The van der Waals surface area contributed by atoms with Crippen molar-refractivity contribution in [2.24, 2.45) is 0 Å². The van der Waals surface area contributed by atoms with Gasteiger partial charge in [0, 0.05) is 6.92 Å². The van der Waals surface area contributed by atoms with Crippen molar-refractivity contribution in [1.29, 1.82) is 0 Å². The summed E-state index contributed by atoms with van der Waals surface area (Å²) in [6.45, 7) is 6.71. The average Bonchev–Trinajstić information content (AvgIpc) is 2.51. The second-order valence-electron chi connectivity index (χ2n) is 4.44. The summed E-state index contributed by atoms with van der Waals surface area (Å²) in [5, 5.41) is 0.585. The SMILES string of the molecule is CCN(CC)CC(=O)OC(=O)/C(C)=[P+](\[O-])c1ccccc1. The minimum atomic E-state index is -2.01. The number of carbonyl (C=O) groups excluding carboxylic acids is 2. The number of ether oxygens (including phenoxy) is 1. The standard InChI is InChI=1S/C15H20NO4P/c1-4-16(5-2)11-14(17)20-15(18)12(3)21(19)13-9-7-6-8-10-13/h6-10H,4-5,11H2,1-3H3. The molecule has 6 heteroatoms. The fourth-order valence-electron chi connectivity index (χ4n) is 1.68. The maximum Gasteiger partial charge on any atom is 0.384 e. The van der Waals surface area contributed by atoms with Crippen LogP contribution >= 0.6 is 7.77 Å². The van der Waals surface area contributed by atoms with Gasteiger partial charge in [-0.3, -0.25) is 9.69 Å².